The quantitative estimate of drug-likeness (QED) is 0.600. The van der Waals surface area contributed by atoms with E-state index in [-0.39, 0.29) is 21.0 Å². The molecule has 0 aliphatic heterocycles. The number of rotatable bonds is 1. The van der Waals surface area contributed by atoms with Crippen LogP contribution in [0.3, 0.4) is 0 Å². The van der Waals surface area contributed by atoms with Gasteiger partial charge in [0.2, 0.25) is 0 Å². The Hall–Kier alpha value is -2.55. The summed E-state index contributed by atoms with van der Waals surface area (Å²) in [5.74, 6) is -0.993. The second-order valence-corrected chi connectivity index (χ2v) is 6.25. The fourth-order valence-electron chi connectivity index (χ4n) is 2.91. The van der Waals surface area contributed by atoms with Crippen molar-refractivity contribution in [2.24, 2.45) is 14.1 Å². The lowest BCUT2D eigenvalue weighted by molar-refractivity contribution is -0.144. The highest BCUT2D eigenvalue weighted by Crippen LogP contribution is 2.33. The van der Waals surface area contributed by atoms with E-state index >= 15 is 0 Å². The van der Waals surface area contributed by atoms with Crippen LogP contribution in [0.25, 0.3) is 16.6 Å². The minimum Gasteiger partial charge on any atom is -0.347 e. The molecule has 0 amide bonds. The van der Waals surface area contributed by atoms with Gasteiger partial charge in [-0.15, -0.1) is 0 Å². The highest BCUT2D eigenvalue weighted by atomic mass is 35.5. The summed E-state index contributed by atoms with van der Waals surface area (Å²) in [6.45, 7) is 1.70. The summed E-state index contributed by atoms with van der Waals surface area (Å²) in [5.41, 5.74) is -3.44. The van der Waals surface area contributed by atoms with Gasteiger partial charge in [0, 0.05) is 31.2 Å². The summed E-state index contributed by atoms with van der Waals surface area (Å²) >= 11 is 6.06. The largest absolute Gasteiger partial charge is 0.431 e. The Bertz CT molecular complexity index is 1170. The third-order valence-electron chi connectivity index (χ3n) is 4.27. The van der Waals surface area contributed by atoms with Gasteiger partial charge < -0.3 is 4.57 Å². The predicted molar refractivity (Wildman–Crippen MR) is 88.5 cm³/mol. The number of benzene rings is 1. The van der Waals surface area contributed by atoms with Gasteiger partial charge in [-0.2, -0.15) is 13.2 Å². The minimum atomic E-state index is -4.90. The summed E-state index contributed by atoms with van der Waals surface area (Å²) in [6, 6.07) is 2.68. The van der Waals surface area contributed by atoms with E-state index in [0.717, 1.165) is 13.1 Å². The summed E-state index contributed by atoms with van der Waals surface area (Å²) < 4.78 is 55.8. The second-order valence-electron chi connectivity index (χ2n) is 5.84. The van der Waals surface area contributed by atoms with Crippen LogP contribution in [0.4, 0.5) is 17.6 Å². The Labute approximate surface area is 148 Å². The van der Waals surface area contributed by atoms with Crippen LogP contribution in [0.5, 0.6) is 0 Å². The van der Waals surface area contributed by atoms with Crippen LogP contribution in [0.1, 0.15) is 11.4 Å². The maximum Gasteiger partial charge on any atom is 0.431 e. The smallest absolute Gasteiger partial charge is 0.347 e. The molecule has 3 rings (SSSR count). The molecular weight excluding hydrogens is 378 g/mol. The van der Waals surface area contributed by atoms with Crippen molar-refractivity contribution < 1.29 is 17.6 Å². The second kappa shape index (κ2) is 5.73. The maximum absolute atomic E-state index is 14.6. The van der Waals surface area contributed by atoms with Crippen molar-refractivity contribution in [2.75, 3.05) is 0 Å². The van der Waals surface area contributed by atoms with Gasteiger partial charge in [0.1, 0.15) is 11.5 Å². The Kier molecular flexibility index (Phi) is 4.02. The van der Waals surface area contributed by atoms with E-state index in [1.54, 1.807) is 18.5 Å². The first-order chi connectivity index (χ1) is 11.9. The maximum atomic E-state index is 14.6. The van der Waals surface area contributed by atoms with Gasteiger partial charge in [-0.1, -0.05) is 11.6 Å². The Morgan fingerprint density at radius 3 is 2.23 bits per heavy atom. The Balaban J connectivity index is 2.51. The van der Waals surface area contributed by atoms with Gasteiger partial charge in [0.05, 0.1) is 16.2 Å². The molecule has 10 heteroatoms. The summed E-state index contributed by atoms with van der Waals surface area (Å²) in [7, 11) is 2.52. The number of alkyl halides is 3. The average molecular weight is 390 g/mol. The predicted octanol–water partition coefficient (Wildman–Crippen LogP) is 3.15. The molecule has 0 radical (unpaired) electrons. The summed E-state index contributed by atoms with van der Waals surface area (Å²) in [6.07, 6.45) is -4.90. The van der Waals surface area contributed by atoms with Gasteiger partial charge in [-0.05, 0) is 19.1 Å². The third-order valence-corrected chi connectivity index (χ3v) is 4.56. The van der Waals surface area contributed by atoms with Crippen molar-refractivity contribution in [1.82, 2.24) is 13.7 Å². The first-order valence-corrected chi connectivity index (χ1v) is 7.67. The number of hydrogen-bond acceptors (Lipinski definition) is 2. The molecule has 0 spiro atoms. The molecule has 2 aromatic heterocycles. The third kappa shape index (κ3) is 2.54. The lowest BCUT2D eigenvalue weighted by atomic mass is 10.2. The van der Waals surface area contributed by atoms with Crippen molar-refractivity contribution >= 4 is 22.5 Å². The lowest BCUT2D eigenvalue weighted by Gasteiger charge is -2.15. The van der Waals surface area contributed by atoms with E-state index in [9.17, 15) is 27.2 Å². The minimum absolute atomic E-state index is 0.0497. The molecule has 0 saturated heterocycles. The number of aryl methyl sites for hydroxylation is 2. The van der Waals surface area contributed by atoms with Crippen molar-refractivity contribution in [3.8, 4) is 5.69 Å². The average Bonchev–Trinajstić information content (AvgIpc) is 2.80. The summed E-state index contributed by atoms with van der Waals surface area (Å²) in [5, 5.41) is 0.197. The molecule has 0 fully saturated rings. The van der Waals surface area contributed by atoms with Crippen LogP contribution in [-0.4, -0.2) is 13.7 Å². The van der Waals surface area contributed by atoms with Crippen LogP contribution in [0, 0.1) is 12.7 Å². The zero-order chi connectivity index (χ0) is 19.5. The molecule has 0 atom stereocenters. The molecule has 3 aromatic rings. The number of halogens is 5. The fraction of sp³-hybridized carbons (Fsp3) is 0.250. The van der Waals surface area contributed by atoms with Crippen LogP contribution in [0.15, 0.2) is 27.8 Å². The first kappa shape index (κ1) is 18.2. The van der Waals surface area contributed by atoms with Gasteiger partial charge in [-0.25, -0.2) is 13.8 Å². The van der Waals surface area contributed by atoms with E-state index in [1.807, 2.05) is 0 Å². The number of hydrogen-bond donors (Lipinski definition) is 0. The van der Waals surface area contributed by atoms with Crippen LogP contribution in [0.2, 0.25) is 5.02 Å². The van der Waals surface area contributed by atoms with Crippen LogP contribution < -0.4 is 11.2 Å². The van der Waals surface area contributed by atoms with Gasteiger partial charge in [0.25, 0.3) is 5.56 Å². The molecule has 1 aromatic carbocycles. The molecular formula is C16H12ClF4N3O2. The van der Waals surface area contributed by atoms with E-state index in [1.165, 1.54) is 6.07 Å². The topological polar surface area (TPSA) is 48.9 Å². The standard InChI is InChI=1S/C16H12ClF4N3O2/c1-7-4-8-13(22(7)2)9(17)5-10(18)14(8)24-12(25)6-11(16(19,20)21)23(3)15(24)26/h4-6H,1-3H3. The van der Waals surface area contributed by atoms with Gasteiger partial charge in [-0.3, -0.25) is 9.36 Å². The fourth-order valence-corrected chi connectivity index (χ4v) is 3.23. The molecule has 0 unspecified atom stereocenters. The molecule has 138 valence electrons. The van der Waals surface area contributed by atoms with E-state index in [0.29, 0.717) is 15.8 Å². The van der Waals surface area contributed by atoms with Crippen molar-refractivity contribution in [1.29, 1.82) is 0 Å². The number of aromatic nitrogens is 3. The first-order valence-electron chi connectivity index (χ1n) is 7.29. The van der Waals surface area contributed by atoms with Crippen molar-refractivity contribution in [2.45, 2.75) is 13.1 Å². The van der Waals surface area contributed by atoms with E-state index < -0.39 is 34.6 Å². The normalized spacial score (nSPS) is 12.2. The van der Waals surface area contributed by atoms with Gasteiger partial charge >= 0.3 is 11.9 Å². The molecule has 0 N–H and O–H groups in total. The number of fused-ring (bicyclic) bond motifs is 1. The Morgan fingerprint density at radius 2 is 1.65 bits per heavy atom. The molecule has 0 saturated carbocycles. The molecule has 5 nitrogen and oxygen atoms in total. The SMILES string of the molecule is Cc1cc2c(-n3c(=O)cc(C(F)(F)F)n(C)c3=O)c(F)cc(Cl)c2n1C. The lowest BCUT2D eigenvalue weighted by Crippen LogP contribution is -2.41. The van der Waals surface area contributed by atoms with Crippen molar-refractivity contribution in [3.05, 3.63) is 61.3 Å². The monoisotopic (exact) mass is 389 g/mol. The number of nitrogens with zero attached hydrogens (tertiary/aromatic N) is 3. The molecule has 2 heterocycles. The molecule has 0 aliphatic rings. The van der Waals surface area contributed by atoms with Crippen molar-refractivity contribution in [3.63, 3.8) is 0 Å². The molecule has 26 heavy (non-hydrogen) atoms. The van der Waals surface area contributed by atoms with Gasteiger partial charge in [0.15, 0.2) is 0 Å². The van der Waals surface area contributed by atoms with Crippen LogP contribution >= 0.6 is 11.6 Å². The van der Waals surface area contributed by atoms with E-state index in [2.05, 4.69) is 0 Å². The van der Waals surface area contributed by atoms with Crippen LogP contribution in [-0.2, 0) is 20.3 Å². The molecule has 0 bridgehead atoms. The Morgan fingerprint density at radius 1 is 1.04 bits per heavy atom. The highest BCUT2D eigenvalue weighted by molar-refractivity contribution is 6.35. The zero-order valence-electron chi connectivity index (χ0n) is 13.8. The highest BCUT2D eigenvalue weighted by Gasteiger charge is 2.35. The molecule has 0 aliphatic carbocycles. The van der Waals surface area contributed by atoms with E-state index in [4.69, 9.17) is 11.6 Å². The summed E-state index contributed by atoms with van der Waals surface area (Å²) in [4.78, 5) is 24.7. The zero-order valence-corrected chi connectivity index (χ0v) is 14.5.